The Balaban J connectivity index is 2.03. The van der Waals surface area contributed by atoms with Gasteiger partial charge in [-0.3, -0.25) is 0 Å². The first-order chi connectivity index (χ1) is 8.93. The highest BCUT2D eigenvalue weighted by Crippen LogP contribution is 2.33. The second kappa shape index (κ2) is 5.05. The van der Waals surface area contributed by atoms with Crippen LogP contribution < -0.4 is 0 Å². The summed E-state index contributed by atoms with van der Waals surface area (Å²) in [5.74, 6) is 0.854. The van der Waals surface area contributed by atoms with E-state index in [-0.39, 0.29) is 0 Å². The molecule has 2 heteroatoms. The SMILES string of the molecule is C1=C(/C(=C\c2ccccc2)c2cnco2)CCC1. The molecule has 0 radical (unpaired) electrons. The zero-order valence-corrected chi connectivity index (χ0v) is 10.2. The predicted octanol–water partition coefficient (Wildman–Crippen LogP) is 4.33. The van der Waals surface area contributed by atoms with E-state index in [1.807, 2.05) is 18.2 Å². The third-order valence-corrected chi connectivity index (χ3v) is 3.20. The van der Waals surface area contributed by atoms with Gasteiger partial charge in [0.05, 0.1) is 6.20 Å². The molecule has 1 aliphatic rings. The highest BCUT2D eigenvalue weighted by Gasteiger charge is 2.14. The molecule has 1 aliphatic carbocycles. The molecule has 90 valence electrons. The normalized spacial score (nSPS) is 15.8. The van der Waals surface area contributed by atoms with Crippen LogP contribution in [0.1, 0.15) is 30.6 Å². The minimum absolute atomic E-state index is 0.854. The van der Waals surface area contributed by atoms with Crippen molar-refractivity contribution in [1.29, 1.82) is 0 Å². The third-order valence-electron chi connectivity index (χ3n) is 3.20. The van der Waals surface area contributed by atoms with Crippen LogP contribution in [0.25, 0.3) is 11.6 Å². The molecular formula is C16H15NO. The quantitative estimate of drug-likeness (QED) is 0.794. The fourth-order valence-corrected chi connectivity index (χ4v) is 2.30. The van der Waals surface area contributed by atoms with E-state index in [0.29, 0.717) is 0 Å². The smallest absolute Gasteiger partial charge is 0.181 e. The summed E-state index contributed by atoms with van der Waals surface area (Å²) in [6, 6.07) is 10.3. The van der Waals surface area contributed by atoms with Crippen LogP contribution in [0.4, 0.5) is 0 Å². The maximum Gasteiger partial charge on any atom is 0.181 e. The summed E-state index contributed by atoms with van der Waals surface area (Å²) in [5.41, 5.74) is 3.73. The fourth-order valence-electron chi connectivity index (χ4n) is 2.30. The van der Waals surface area contributed by atoms with Gasteiger partial charge in [-0.2, -0.15) is 0 Å². The van der Waals surface area contributed by atoms with Crippen molar-refractivity contribution in [2.24, 2.45) is 0 Å². The summed E-state index contributed by atoms with van der Waals surface area (Å²) in [7, 11) is 0. The number of hydrogen-bond donors (Lipinski definition) is 0. The van der Waals surface area contributed by atoms with Crippen LogP contribution >= 0.6 is 0 Å². The van der Waals surface area contributed by atoms with Crippen molar-refractivity contribution in [3.8, 4) is 0 Å². The minimum atomic E-state index is 0.854. The van der Waals surface area contributed by atoms with Crippen LogP contribution in [0.5, 0.6) is 0 Å². The molecule has 18 heavy (non-hydrogen) atoms. The lowest BCUT2D eigenvalue weighted by Crippen LogP contribution is -1.86. The molecule has 1 aromatic heterocycles. The Labute approximate surface area is 107 Å². The second-order valence-corrected chi connectivity index (χ2v) is 4.46. The van der Waals surface area contributed by atoms with E-state index in [2.05, 4.69) is 29.3 Å². The van der Waals surface area contributed by atoms with Gasteiger partial charge in [-0.1, -0.05) is 36.4 Å². The Morgan fingerprint density at radius 3 is 2.78 bits per heavy atom. The maximum absolute atomic E-state index is 5.46. The predicted molar refractivity (Wildman–Crippen MR) is 72.8 cm³/mol. The minimum Gasteiger partial charge on any atom is -0.444 e. The molecule has 0 unspecified atom stereocenters. The van der Waals surface area contributed by atoms with E-state index in [9.17, 15) is 0 Å². The van der Waals surface area contributed by atoms with E-state index in [0.717, 1.165) is 24.2 Å². The van der Waals surface area contributed by atoms with Crippen LogP contribution in [-0.2, 0) is 0 Å². The lowest BCUT2D eigenvalue weighted by molar-refractivity contribution is 0.545. The Kier molecular flexibility index (Phi) is 3.09. The van der Waals surface area contributed by atoms with E-state index >= 15 is 0 Å². The summed E-state index contributed by atoms with van der Waals surface area (Å²) < 4.78 is 5.46. The van der Waals surface area contributed by atoms with Crippen LogP contribution in [-0.4, -0.2) is 4.98 Å². The molecule has 0 atom stereocenters. The van der Waals surface area contributed by atoms with Crippen molar-refractivity contribution < 1.29 is 4.42 Å². The lowest BCUT2D eigenvalue weighted by atomic mass is 10.0. The Morgan fingerprint density at radius 1 is 1.22 bits per heavy atom. The zero-order valence-electron chi connectivity index (χ0n) is 10.2. The largest absolute Gasteiger partial charge is 0.444 e. The molecule has 0 aliphatic heterocycles. The first-order valence-electron chi connectivity index (χ1n) is 6.28. The van der Waals surface area contributed by atoms with Crippen LogP contribution in [0.15, 0.2) is 59.0 Å². The summed E-state index contributed by atoms with van der Waals surface area (Å²) in [6.45, 7) is 0. The van der Waals surface area contributed by atoms with Gasteiger partial charge >= 0.3 is 0 Å². The molecule has 0 spiro atoms. The Bertz CT molecular complexity index is 564. The fraction of sp³-hybridized carbons (Fsp3) is 0.188. The van der Waals surface area contributed by atoms with Gasteiger partial charge in [-0.15, -0.1) is 0 Å². The molecular weight excluding hydrogens is 222 g/mol. The Hall–Kier alpha value is -2.09. The number of allylic oxidation sites excluding steroid dienone is 3. The average Bonchev–Trinajstić information content (AvgIpc) is 3.11. The molecule has 0 saturated carbocycles. The summed E-state index contributed by atoms with van der Waals surface area (Å²) in [4.78, 5) is 4.02. The molecule has 0 N–H and O–H groups in total. The zero-order chi connectivity index (χ0) is 12.2. The van der Waals surface area contributed by atoms with Crippen molar-refractivity contribution >= 4 is 11.6 Å². The summed E-state index contributed by atoms with van der Waals surface area (Å²) in [5, 5.41) is 0. The molecule has 1 aromatic carbocycles. The van der Waals surface area contributed by atoms with Gasteiger partial charge in [0.15, 0.2) is 12.2 Å². The maximum atomic E-state index is 5.46. The van der Waals surface area contributed by atoms with E-state index in [1.165, 1.54) is 24.0 Å². The number of aromatic nitrogens is 1. The monoisotopic (exact) mass is 237 g/mol. The van der Waals surface area contributed by atoms with Gasteiger partial charge in [-0.25, -0.2) is 4.98 Å². The lowest BCUT2D eigenvalue weighted by Gasteiger charge is -2.05. The van der Waals surface area contributed by atoms with Crippen molar-refractivity contribution in [1.82, 2.24) is 4.98 Å². The molecule has 0 fully saturated rings. The highest BCUT2D eigenvalue weighted by molar-refractivity contribution is 5.89. The molecule has 3 rings (SSSR count). The third kappa shape index (κ3) is 2.28. The van der Waals surface area contributed by atoms with Gasteiger partial charge in [-0.05, 0) is 36.5 Å². The van der Waals surface area contributed by atoms with Gasteiger partial charge in [0, 0.05) is 5.57 Å². The van der Waals surface area contributed by atoms with Crippen LogP contribution in [0, 0.1) is 0 Å². The molecule has 0 amide bonds. The standard InChI is InChI=1S/C16H15NO/c1-2-6-13(7-3-1)10-15(14-8-4-5-9-14)16-11-17-12-18-16/h1-3,6-8,10-12H,4-5,9H2/b15-10+. The first kappa shape index (κ1) is 11.0. The molecule has 0 saturated heterocycles. The summed E-state index contributed by atoms with van der Waals surface area (Å²) in [6.07, 6.45) is 11.3. The second-order valence-electron chi connectivity index (χ2n) is 4.46. The van der Waals surface area contributed by atoms with Crippen LogP contribution in [0.2, 0.25) is 0 Å². The van der Waals surface area contributed by atoms with Crippen LogP contribution in [0.3, 0.4) is 0 Å². The molecule has 2 nitrogen and oxygen atoms in total. The van der Waals surface area contributed by atoms with Crippen molar-refractivity contribution in [3.05, 3.63) is 65.9 Å². The number of hydrogen-bond acceptors (Lipinski definition) is 2. The molecule has 0 bridgehead atoms. The number of nitrogens with zero attached hydrogens (tertiary/aromatic N) is 1. The molecule has 1 heterocycles. The van der Waals surface area contributed by atoms with Gasteiger partial charge in [0.2, 0.25) is 0 Å². The van der Waals surface area contributed by atoms with E-state index in [4.69, 9.17) is 4.42 Å². The van der Waals surface area contributed by atoms with E-state index in [1.54, 1.807) is 6.20 Å². The Morgan fingerprint density at radius 2 is 2.11 bits per heavy atom. The van der Waals surface area contributed by atoms with Gasteiger partial charge in [0.25, 0.3) is 0 Å². The van der Waals surface area contributed by atoms with E-state index < -0.39 is 0 Å². The topological polar surface area (TPSA) is 26.0 Å². The number of rotatable bonds is 3. The first-order valence-corrected chi connectivity index (χ1v) is 6.28. The van der Waals surface area contributed by atoms with Crippen molar-refractivity contribution in [2.75, 3.05) is 0 Å². The number of oxazole rings is 1. The van der Waals surface area contributed by atoms with Gasteiger partial charge in [0.1, 0.15) is 0 Å². The van der Waals surface area contributed by atoms with Crippen molar-refractivity contribution in [3.63, 3.8) is 0 Å². The van der Waals surface area contributed by atoms with Gasteiger partial charge < -0.3 is 4.42 Å². The highest BCUT2D eigenvalue weighted by atomic mass is 16.3. The summed E-state index contributed by atoms with van der Waals surface area (Å²) >= 11 is 0. The number of benzene rings is 1. The average molecular weight is 237 g/mol. The molecule has 2 aromatic rings. The van der Waals surface area contributed by atoms with Crippen molar-refractivity contribution in [2.45, 2.75) is 19.3 Å².